The van der Waals surface area contributed by atoms with Crippen molar-refractivity contribution in [3.63, 3.8) is 0 Å². The maximum atomic E-state index is 12.6. The van der Waals surface area contributed by atoms with E-state index in [1.165, 1.54) is 0 Å². The molecule has 24 heavy (non-hydrogen) atoms. The van der Waals surface area contributed by atoms with Crippen molar-refractivity contribution in [3.05, 3.63) is 59.7 Å². The van der Waals surface area contributed by atoms with E-state index in [1.54, 1.807) is 24.3 Å². The molecular weight excluding hydrogens is 306 g/mol. The fourth-order valence-corrected chi connectivity index (χ4v) is 2.17. The standard InChI is InChI=1S/C19H21NO4/c1-13-4-6-14(7-5-13)19(2,3)18(23)20-15-8-10-16(11-9-15)24-12-17(21)22/h4-11H,12H2,1-3H3,(H,20,23)(H,21,22). The quantitative estimate of drug-likeness (QED) is 0.853. The second kappa shape index (κ2) is 7.17. The van der Waals surface area contributed by atoms with E-state index in [2.05, 4.69) is 5.32 Å². The molecule has 0 bridgehead atoms. The molecule has 2 aromatic carbocycles. The van der Waals surface area contributed by atoms with Crippen LogP contribution in [0.3, 0.4) is 0 Å². The van der Waals surface area contributed by atoms with Crippen LogP contribution in [0.4, 0.5) is 5.69 Å². The Morgan fingerprint density at radius 3 is 2.17 bits per heavy atom. The van der Waals surface area contributed by atoms with Crippen molar-refractivity contribution in [3.8, 4) is 5.75 Å². The van der Waals surface area contributed by atoms with Crippen LogP contribution >= 0.6 is 0 Å². The lowest BCUT2D eigenvalue weighted by molar-refractivity contribution is -0.139. The van der Waals surface area contributed by atoms with Crippen LogP contribution in [0.15, 0.2) is 48.5 Å². The Morgan fingerprint density at radius 1 is 1.04 bits per heavy atom. The van der Waals surface area contributed by atoms with Gasteiger partial charge in [0.2, 0.25) is 5.91 Å². The number of rotatable bonds is 6. The number of aryl methyl sites for hydroxylation is 1. The number of carboxylic acids is 1. The van der Waals surface area contributed by atoms with E-state index >= 15 is 0 Å². The van der Waals surface area contributed by atoms with Crippen molar-refractivity contribution in [1.29, 1.82) is 0 Å². The molecule has 0 aliphatic rings. The van der Waals surface area contributed by atoms with Gasteiger partial charge in [0, 0.05) is 5.69 Å². The van der Waals surface area contributed by atoms with Gasteiger partial charge in [-0.15, -0.1) is 0 Å². The van der Waals surface area contributed by atoms with E-state index in [1.807, 2.05) is 45.0 Å². The third kappa shape index (κ3) is 4.35. The van der Waals surface area contributed by atoms with E-state index in [9.17, 15) is 9.59 Å². The van der Waals surface area contributed by atoms with Crippen LogP contribution in [-0.4, -0.2) is 23.6 Å². The van der Waals surface area contributed by atoms with Crippen molar-refractivity contribution >= 4 is 17.6 Å². The van der Waals surface area contributed by atoms with Gasteiger partial charge in [-0.3, -0.25) is 4.79 Å². The molecule has 0 atom stereocenters. The molecule has 0 aromatic heterocycles. The molecule has 0 radical (unpaired) electrons. The average molecular weight is 327 g/mol. The van der Waals surface area contributed by atoms with Gasteiger partial charge < -0.3 is 15.2 Å². The second-order valence-corrected chi connectivity index (χ2v) is 6.15. The summed E-state index contributed by atoms with van der Waals surface area (Å²) in [5.74, 6) is -0.717. The van der Waals surface area contributed by atoms with Crippen molar-refractivity contribution < 1.29 is 19.4 Å². The van der Waals surface area contributed by atoms with Gasteiger partial charge in [-0.2, -0.15) is 0 Å². The molecule has 0 aliphatic carbocycles. The monoisotopic (exact) mass is 327 g/mol. The fourth-order valence-electron chi connectivity index (χ4n) is 2.17. The zero-order valence-electron chi connectivity index (χ0n) is 14.0. The van der Waals surface area contributed by atoms with E-state index < -0.39 is 18.0 Å². The van der Waals surface area contributed by atoms with Gasteiger partial charge in [0.1, 0.15) is 5.75 Å². The number of amides is 1. The van der Waals surface area contributed by atoms with Crippen LogP contribution in [0.5, 0.6) is 5.75 Å². The topological polar surface area (TPSA) is 75.6 Å². The normalized spacial score (nSPS) is 11.0. The summed E-state index contributed by atoms with van der Waals surface area (Å²) in [5.41, 5.74) is 2.04. The Bertz CT molecular complexity index is 718. The predicted octanol–water partition coefficient (Wildman–Crippen LogP) is 3.37. The highest BCUT2D eigenvalue weighted by Gasteiger charge is 2.29. The number of ether oxygens (including phenoxy) is 1. The highest BCUT2D eigenvalue weighted by molar-refractivity contribution is 5.98. The summed E-state index contributed by atoms with van der Waals surface area (Å²) in [6, 6.07) is 14.5. The van der Waals surface area contributed by atoms with Crippen LogP contribution in [0, 0.1) is 6.92 Å². The number of benzene rings is 2. The average Bonchev–Trinajstić information content (AvgIpc) is 2.54. The lowest BCUT2D eigenvalue weighted by Gasteiger charge is -2.24. The lowest BCUT2D eigenvalue weighted by Crippen LogP contribution is -2.34. The Labute approximate surface area is 141 Å². The molecule has 0 saturated carbocycles. The number of hydrogen-bond donors (Lipinski definition) is 2. The SMILES string of the molecule is Cc1ccc(C(C)(C)C(=O)Nc2ccc(OCC(=O)O)cc2)cc1. The first-order chi connectivity index (χ1) is 11.3. The first-order valence-electron chi connectivity index (χ1n) is 7.62. The second-order valence-electron chi connectivity index (χ2n) is 6.15. The van der Waals surface area contributed by atoms with Crippen LogP contribution < -0.4 is 10.1 Å². The minimum absolute atomic E-state index is 0.120. The molecule has 2 aromatic rings. The van der Waals surface area contributed by atoms with Gasteiger partial charge in [-0.1, -0.05) is 29.8 Å². The first-order valence-corrected chi connectivity index (χ1v) is 7.62. The van der Waals surface area contributed by atoms with Crippen molar-refractivity contribution in [1.82, 2.24) is 0 Å². The fraction of sp³-hybridized carbons (Fsp3) is 0.263. The van der Waals surface area contributed by atoms with E-state index in [-0.39, 0.29) is 5.91 Å². The minimum atomic E-state index is -1.03. The summed E-state index contributed by atoms with van der Waals surface area (Å²) >= 11 is 0. The van der Waals surface area contributed by atoms with Crippen molar-refractivity contribution in [2.75, 3.05) is 11.9 Å². The Kier molecular flexibility index (Phi) is 5.24. The van der Waals surface area contributed by atoms with Gasteiger partial charge in [0.15, 0.2) is 6.61 Å². The highest BCUT2D eigenvalue weighted by Crippen LogP contribution is 2.26. The summed E-state index contributed by atoms with van der Waals surface area (Å²) in [7, 11) is 0. The minimum Gasteiger partial charge on any atom is -0.482 e. The molecule has 2 N–H and O–H groups in total. The molecular formula is C19H21NO4. The maximum absolute atomic E-state index is 12.6. The van der Waals surface area contributed by atoms with Crippen LogP contribution in [0.25, 0.3) is 0 Å². The number of carbonyl (C=O) groups excluding carboxylic acids is 1. The largest absolute Gasteiger partial charge is 0.482 e. The molecule has 5 nitrogen and oxygen atoms in total. The number of anilines is 1. The van der Waals surface area contributed by atoms with E-state index in [4.69, 9.17) is 9.84 Å². The number of carboxylic acid groups (broad SMARTS) is 1. The summed E-state index contributed by atoms with van der Waals surface area (Å²) in [5, 5.41) is 11.5. The Hall–Kier alpha value is -2.82. The molecule has 0 fully saturated rings. The Morgan fingerprint density at radius 2 is 1.62 bits per heavy atom. The van der Waals surface area contributed by atoms with Gasteiger partial charge in [-0.25, -0.2) is 4.79 Å². The summed E-state index contributed by atoms with van der Waals surface area (Å²) < 4.78 is 5.06. The van der Waals surface area contributed by atoms with Gasteiger partial charge in [0.05, 0.1) is 5.41 Å². The van der Waals surface area contributed by atoms with Crippen molar-refractivity contribution in [2.24, 2.45) is 0 Å². The van der Waals surface area contributed by atoms with E-state index in [0.29, 0.717) is 11.4 Å². The molecule has 2 rings (SSSR count). The lowest BCUT2D eigenvalue weighted by atomic mass is 9.83. The zero-order valence-corrected chi connectivity index (χ0v) is 14.0. The number of nitrogens with one attached hydrogen (secondary N) is 1. The highest BCUT2D eigenvalue weighted by atomic mass is 16.5. The molecule has 126 valence electrons. The van der Waals surface area contributed by atoms with Crippen LogP contribution in [0.1, 0.15) is 25.0 Å². The number of aliphatic carboxylic acids is 1. The smallest absolute Gasteiger partial charge is 0.341 e. The van der Waals surface area contributed by atoms with Gasteiger partial charge in [-0.05, 0) is 50.6 Å². The van der Waals surface area contributed by atoms with E-state index in [0.717, 1.165) is 11.1 Å². The summed E-state index contributed by atoms with van der Waals surface area (Å²) in [4.78, 5) is 23.1. The Balaban J connectivity index is 2.05. The van der Waals surface area contributed by atoms with Gasteiger partial charge >= 0.3 is 5.97 Å². The molecule has 0 unspecified atom stereocenters. The third-order valence-corrected chi connectivity index (χ3v) is 3.82. The zero-order chi connectivity index (χ0) is 17.7. The molecule has 1 amide bonds. The molecule has 0 saturated heterocycles. The number of hydrogen-bond acceptors (Lipinski definition) is 3. The molecule has 5 heteroatoms. The predicted molar refractivity (Wildman–Crippen MR) is 92.4 cm³/mol. The van der Waals surface area contributed by atoms with Crippen LogP contribution in [-0.2, 0) is 15.0 Å². The van der Waals surface area contributed by atoms with Crippen LogP contribution in [0.2, 0.25) is 0 Å². The van der Waals surface area contributed by atoms with Crippen molar-refractivity contribution in [2.45, 2.75) is 26.2 Å². The maximum Gasteiger partial charge on any atom is 0.341 e. The van der Waals surface area contributed by atoms with Gasteiger partial charge in [0.25, 0.3) is 0 Å². The number of carbonyl (C=O) groups is 2. The first kappa shape index (κ1) is 17.5. The summed E-state index contributed by atoms with van der Waals surface area (Å²) in [6.45, 7) is 5.35. The molecule has 0 spiro atoms. The summed E-state index contributed by atoms with van der Waals surface area (Å²) in [6.07, 6.45) is 0. The molecule has 0 heterocycles. The third-order valence-electron chi connectivity index (χ3n) is 3.82. The molecule has 0 aliphatic heterocycles.